The van der Waals surface area contributed by atoms with Crippen LogP contribution in [0.4, 0.5) is 13.2 Å². The fourth-order valence-corrected chi connectivity index (χ4v) is 2.19. The number of carbonyl (C=O) groups excluding carboxylic acids is 1. The third-order valence-corrected chi connectivity index (χ3v) is 3.55. The second kappa shape index (κ2) is 5.93. The van der Waals surface area contributed by atoms with E-state index in [4.69, 9.17) is 4.42 Å². The van der Waals surface area contributed by atoms with Crippen molar-refractivity contribution in [3.63, 3.8) is 0 Å². The number of rotatable bonds is 3. The molecule has 1 unspecified atom stereocenters. The van der Waals surface area contributed by atoms with E-state index in [2.05, 4.69) is 21.2 Å². The van der Waals surface area contributed by atoms with E-state index in [1.54, 1.807) is 19.1 Å². The summed E-state index contributed by atoms with van der Waals surface area (Å²) in [5, 5.41) is 2.59. The van der Waals surface area contributed by atoms with Crippen LogP contribution >= 0.6 is 15.9 Å². The molecule has 7 heteroatoms. The summed E-state index contributed by atoms with van der Waals surface area (Å²) in [6, 6.07) is 5.82. The maximum Gasteiger partial charge on any atom is 0.416 e. The quantitative estimate of drug-likeness (QED) is 0.871. The average Bonchev–Trinajstić information content (AvgIpc) is 2.91. The molecule has 21 heavy (non-hydrogen) atoms. The lowest BCUT2D eigenvalue weighted by atomic mass is 10.1. The number of halogens is 4. The molecule has 1 N–H and O–H groups in total. The first-order valence-electron chi connectivity index (χ1n) is 6.00. The van der Waals surface area contributed by atoms with E-state index in [0.717, 1.165) is 12.1 Å². The molecular formula is C14H11BrF3NO2. The Bertz CT molecular complexity index is 638. The largest absolute Gasteiger partial charge is 0.467 e. The van der Waals surface area contributed by atoms with E-state index < -0.39 is 23.7 Å². The highest BCUT2D eigenvalue weighted by Crippen LogP contribution is 2.32. The van der Waals surface area contributed by atoms with Gasteiger partial charge in [-0.05, 0) is 53.2 Å². The zero-order valence-corrected chi connectivity index (χ0v) is 12.5. The molecule has 0 radical (unpaired) electrons. The van der Waals surface area contributed by atoms with Gasteiger partial charge in [0.1, 0.15) is 5.76 Å². The van der Waals surface area contributed by atoms with E-state index in [9.17, 15) is 18.0 Å². The lowest BCUT2D eigenvalue weighted by Gasteiger charge is -2.14. The van der Waals surface area contributed by atoms with Crippen molar-refractivity contribution >= 4 is 21.8 Å². The van der Waals surface area contributed by atoms with Crippen molar-refractivity contribution in [2.45, 2.75) is 19.1 Å². The minimum absolute atomic E-state index is 0.0803. The highest BCUT2D eigenvalue weighted by atomic mass is 79.9. The van der Waals surface area contributed by atoms with Gasteiger partial charge in [-0.3, -0.25) is 4.79 Å². The van der Waals surface area contributed by atoms with Gasteiger partial charge < -0.3 is 9.73 Å². The molecule has 3 nitrogen and oxygen atoms in total. The lowest BCUT2D eigenvalue weighted by Crippen LogP contribution is -2.27. The van der Waals surface area contributed by atoms with Crippen LogP contribution in [0.25, 0.3) is 0 Å². The van der Waals surface area contributed by atoms with Crippen molar-refractivity contribution in [3.8, 4) is 0 Å². The molecule has 1 amide bonds. The summed E-state index contributed by atoms with van der Waals surface area (Å²) in [5.74, 6) is -0.0941. The van der Waals surface area contributed by atoms with Crippen LogP contribution in [0.15, 0.2) is 45.5 Å². The molecular weight excluding hydrogens is 351 g/mol. The maximum absolute atomic E-state index is 12.7. The van der Waals surface area contributed by atoms with Crippen molar-refractivity contribution in [2.75, 3.05) is 0 Å². The fraction of sp³-hybridized carbons (Fsp3) is 0.214. The summed E-state index contributed by atoms with van der Waals surface area (Å²) >= 11 is 3.08. The first-order valence-corrected chi connectivity index (χ1v) is 6.79. The van der Waals surface area contributed by atoms with Gasteiger partial charge in [0.05, 0.1) is 23.4 Å². The molecule has 0 fully saturated rings. The Morgan fingerprint density at radius 3 is 2.62 bits per heavy atom. The van der Waals surface area contributed by atoms with Gasteiger partial charge in [0.25, 0.3) is 5.91 Å². The zero-order chi connectivity index (χ0) is 15.6. The summed E-state index contributed by atoms with van der Waals surface area (Å²) in [6.45, 7) is 1.68. The molecule has 1 heterocycles. The number of carbonyl (C=O) groups is 1. The Kier molecular flexibility index (Phi) is 4.41. The molecule has 1 atom stereocenters. The zero-order valence-electron chi connectivity index (χ0n) is 10.9. The van der Waals surface area contributed by atoms with Crippen molar-refractivity contribution < 1.29 is 22.4 Å². The van der Waals surface area contributed by atoms with Gasteiger partial charge in [-0.2, -0.15) is 13.2 Å². The summed E-state index contributed by atoms with van der Waals surface area (Å²) in [7, 11) is 0. The Morgan fingerprint density at radius 1 is 1.33 bits per heavy atom. The number of hydrogen-bond acceptors (Lipinski definition) is 2. The Morgan fingerprint density at radius 2 is 2.05 bits per heavy atom. The van der Waals surface area contributed by atoms with Crippen LogP contribution in [0, 0.1) is 0 Å². The minimum Gasteiger partial charge on any atom is -0.467 e. The van der Waals surface area contributed by atoms with Gasteiger partial charge in [0.2, 0.25) is 0 Å². The molecule has 2 aromatic rings. The number of nitrogens with one attached hydrogen (secondary N) is 1. The highest BCUT2D eigenvalue weighted by molar-refractivity contribution is 9.10. The second-order valence-corrected chi connectivity index (χ2v) is 5.26. The van der Waals surface area contributed by atoms with Crippen LogP contribution in [0.5, 0.6) is 0 Å². The Balaban J connectivity index is 2.23. The molecule has 1 aromatic heterocycles. The number of alkyl halides is 3. The number of amides is 1. The number of hydrogen-bond donors (Lipinski definition) is 1. The first kappa shape index (κ1) is 15.6. The monoisotopic (exact) mass is 361 g/mol. The Labute approximate surface area is 127 Å². The van der Waals surface area contributed by atoms with Gasteiger partial charge in [0, 0.05) is 4.47 Å². The van der Waals surface area contributed by atoms with Gasteiger partial charge in [0.15, 0.2) is 0 Å². The normalized spacial score (nSPS) is 13.0. The van der Waals surface area contributed by atoms with E-state index in [-0.39, 0.29) is 5.56 Å². The third-order valence-electron chi connectivity index (χ3n) is 2.86. The molecule has 2 rings (SSSR count). The van der Waals surface area contributed by atoms with Gasteiger partial charge >= 0.3 is 6.18 Å². The van der Waals surface area contributed by atoms with E-state index >= 15 is 0 Å². The smallest absolute Gasteiger partial charge is 0.416 e. The summed E-state index contributed by atoms with van der Waals surface area (Å²) in [6.07, 6.45) is -3.04. The molecule has 0 saturated carbocycles. The summed E-state index contributed by atoms with van der Waals surface area (Å²) < 4.78 is 43.5. The SMILES string of the molecule is CC(NC(=O)c1cc(C(F)(F)F)ccc1Br)c1ccco1. The van der Waals surface area contributed by atoms with Crippen LogP contribution in [-0.2, 0) is 6.18 Å². The van der Waals surface area contributed by atoms with Crippen molar-refractivity contribution in [1.29, 1.82) is 0 Å². The summed E-state index contributed by atoms with van der Waals surface area (Å²) in [5.41, 5.74) is -0.954. The van der Waals surface area contributed by atoms with Gasteiger partial charge in [-0.25, -0.2) is 0 Å². The fourth-order valence-electron chi connectivity index (χ4n) is 1.76. The second-order valence-electron chi connectivity index (χ2n) is 4.40. The van der Waals surface area contributed by atoms with Crippen LogP contribution in [0.2, 0.25) is 0 Å². The van der Waals surface area contributed by atoms with Gasteiger partial charge in [-0.15, -0.1) is 0 Å². The van der Waals surface area contributed by atoms with Crippen LogP contribution in [0.3, 0.4) is 0 Å². The summed E-state index contributed by atoms with van der Waals surface area (Å²) in [4.78, 5) is 12.1. The van der Waals surface area contributed by atoms with Crippen LogP contribution < -0.4 is 5.32 Å². The molecule has 0 bridgehead atoms. The van der Waals surface area contributed by atoms with E-state index in [1.807, 2.05) is 0 Å². The standard InChI is InChI=1S/C14H11BrF3NO2/c1-8(12-3-2-6-21-12)19-13(20)10-7-9(14(16,17)18)4-5-11(10)15/h2-8H,1H3,(H,19,20). The lowest BCUT2D eigenvalue weighted by molar-refractivity contribution is -0.137. The molecule has 0 aliphatic heterocycles. The van der Waals surface area contributed by atoms with Crippen molar-refractivity contribution in [1.82, 2.24) is 5.32 Å². The third kappa shape index (κ3) is 3.66. The van der Waals surface area contributed by atoms with E-state index in [1.165, 1.54) is 12.3 Å². The van der Waals surface area contributed by atoms with Gasteiger partial charge in [-0.1, -0.05) is 0 Å². The van der Waals surface area contributed by atoms with Crippen molar-refractivity contribution in [2.24, 2.45) is 0 Å². The average molecular weight is 362 g/mol. The topological polar surface area (TPSA) is 42.2 Å². The first-order chi connectivity index (χ1) is 9.79. The predicted octanol–water partition coefficient (Wildman–Crippen LogP) is 4.55. The highest BCUT2D eigenvalue weighted by Gasteiger charge is 2.31. The minimum atomic E-state index is -4.50. The maximum atomic E-state index is 12.7. The molecule has 112 valence electrons. The molecule has 1 aromatic carbocycles. The number of benzene rings is 1. The van der Waals surface area contributed by atoms with Crippen LogP contribution in [0.1, 0.15) is 34.6 Å². The van der Waals surface area contributed by atoms with Crippen LogP contribution in [-0.4, -0.2) is 5.91 Å². The van der Waals surface area contributed by atoms with E-state index in [0.29, 0.717) is 10.2 Å². The molecule has 0 spiro atoms. The Hall–Kier alpha value is -1.76. The van der Waals surface area contributed by atoms with Crippen molar-refractivity contribution in [3.05, 3.63) is 58.0 Å². The molecule has 0 aliphatic rings. The predicted molar refractivity (Wildman–Crippen MR) is 73.7 cm³/mol. The number of furan rings is 1. The molecule has 0 saturated heterocycles. The molecule has 0 aliphatic carbocycles.